The van der Waals surface area contributed by atoms with Crippen molar-refractivity contribution in [3.63, 3.8) is 0 Å². The SMILES string of the molecule is O=C(Cl)Cl.O=NO. The van der Waals surface area contributed by atoms with Crippen molar-refractivity contribution in [1.29, 1.82) is 0 Å². The molecule has 0 saturated carbocycles. The Hall–Kier alpha value is -0.350. The van der Waals surface area contributed by atoms with Gasteiger partial charge < -0.3 is 5.21 Å². The summed E-state index contributed by atoms with van der Waals surface area (Å²) in [7, 11) is 0. The Labute approximate surface area is 49.0 Å². The van der Waals surface area contributed by atoms with Gasteiger partial charge in [-0.25, -0.2) is 0 Å². The minimum Gasteiger partial charge on any atom is -0.379 e. The molecule has 0 atom stereocenters. The lowest BCUT2D eigenvalue weighted by Crippen LogP contribution is -1.46. The third-order valence-electron chi connectivity index (χ3n) is 0. The maximum absolute atomic E-state index is 8.98. The number of carbonyl (C=O) groups is 1. The van der Waals surface area contributed by atoms with E-state index in [1.165, 1.54) is 5.34 Å². The molecule has 0 aromatic heterocycles. The van der Waals surface area contributed by atoms with E-state index < -0.39 is 4.70 Å². The molecule has 0 heterocycles. The van der Waals surface area contributed by atoms with E-state index in [0.717, 1.165) is 0 Å². The Morgan fingerprint density at radius 3 is 1.57 bits per heavy atom. The second kappa shape index (κ2) is 9.17. The van der Waals surface area contributed by atoms with Gasteiger partial charge in [-0.1, -0.05) is 0 Å². The summed E-state index contributed by atoms with van der Waals surface area (Å²) in [5, 5.41) is 7.89. The summed E-state index contributed by atoms with van der Waals surface area (Å²) in [4.78, 5) is 17.1. The lowest BCUT2D eigenvalue weighted by atomic mass is 11.8. The average Bonchev–Trinajstić information content (AvgIpc) is 1.33. The molecule has 0 aliphatic rings. The van der Waals surface area contributed by atoms with Gasteiger partial charge in [-0.15, -0.1) is 4.91 Å². The molecule has 0 aliphatic heterocycles. The topological polar surface area (TPSA) is 66.7 Å². The quantitative estimate of drug-likeness (QED) is 0.321. The Morgan fingerprint density at radius 2 is 1.57 bits per heavy atom. The van der Waals surface area contributed by atoms with E-state index in [-0.39, 0.29) is 0 Å². The van der Waals surface area contributed by atoms with Crippen LogP contribution in [0.5, 0.6) is 0 Å². The first kappa shape index (κ1) is 9.82. The third kappa shape index (κ3) is 614. The summed E-state index contributed by atoms with van der Waals surface area (Å²) in [6.07, 6.45) is 0. The van der Waals surface area contributed by atoms with Gasteiger partial charge in [0.05, 0.1) is 0 Å². The maximum atomic E-state index is 8.98. The van der Waals surface area contributed by atoms with E-state index in [9.17, 15) is 0 Å². The summed E-state index contributed by atoms with van der Waals surface area (Å²) in [5.41, 5.74) is 0. The van der Waals surface area contributed by atoms with Crippen LogP contribution in [0.2, 0.25) is 0 Å². The van der Waals surface area contributed by atoms with Gasteiger partial charge in [0.25, 0.3) is 0 Å². The zero-order valence-electron chi connectivity index (χ0n) is 2.97. The van der Waals surface area contributed by atoms with Crippen molar-refractivity contribution in [2.75, 3.05) is 0 Å². The lowest BCUT2D eigenvalue weighted by molar-refractivity contribution is 0.275. The van der Waals surface area contributed by atoms with Crippen LogP contribution in [-0.4, -0.2) is 9.91 Å². The number of nitrogens with zero attached hydrogens (tertiary/aromatic N) is 1. The Bertz CT molecular complexity index is 60.0. The molecule has 4 nitrogen and oxygen atoms in total. The number of carbonyl (C=O) groups excluding carboxylic acids is 1. The molecule has 0 saturated heterocycles. The molecule has 0 spiro atoms. The predicted molar refractivity (Wildman–Crippen MR) is 24.7 cm³/mol. The fraction of sp³-hybridized carbons (Fsp3) is 0. The second-order valence-corrected chi connectivity index (χ2v) is 1.19. The number of rotatable bonds is 0. The van der Waals surface area contributed by atoms with Crippen molar-refractivity contribution in [3.05, 3.63) is 4.91 Å². The first-order valence-corrected chi connectivity index (χ1v) is 1.72. The van der Waals surface area contributed by atoms with Gasteiger partial charge in [-0.2, -0.15) is 0 Å². The van der Waals surface area contributed by atoms with Gasteiger partial charge >= 0.3 is 4.70 Å². The first-order valence-electron chi connectivity index (χ1n) is 0.965. The molecule has 6 heteroatoms. The van der Waals surface area contributed by atoms with Crippen molar-refractivity contribution < 1.29 is 10.0 Å². The van der Waals surface area contributed by atoms with Gasteiger partial charge in [0.2, 0.25) is 0 Å². The standard InChI is InChI=1S/CCl2O.HNO2/c2-1(3)4;2-1-3/h;(H,2,3). The molecule has 0 rings (SSSR count). The normalized spacial score (nSPS) is 5.43. The highest BCUT2D eigenvalue weighted by Crippen LogP contribution is 1.84. The van der Waals surface area contributed by atoms with Gasteiger partial charge in [0.1, 0.15) is 0 Å². The van der Waals surface area contributed by atoms with Crippen LogP contribution in [0.3, 0.4) is 0 Å². The molecule has 0 aliphatic carbocycles. The summed E-state index contributed by atoms with van der Waals surface area (Å²) in [5.74, 6) is 0. The summed E-state index contributed by atoms with van der Waals surface area (Å²) in [6.45, 7) is 0. The van der Waals surface area contributed by atoms with Gasteiger partial charge in [0, 0.05) is 0 Å². The van der Waals surface area contributed by atoms with E-state index in [1.54, 1.807) is 0 Å². The van der Waals surface area contributed by atoms with Crippen LogP contribution in [0.25, 0.3) is 0 Å². The molecule has 7 heavy (non-hydrogen) atoms. The van der Waals surface area contributed by atoms with Crippen LogP contribution in [-0.2, 0) is 0 Å². The van der Waals surface area contributed by atoms with Crippen LogP contribution < -0.4 is 0 Å². The molecule has 0 fully saturated rings. The van der Waals surface area contributed by atoms with Crippen molar-refractivity contribution in [1.82, 2.24) is 0 Å². The highest BCUT2D eigenvalue weighted by atomic mass is 35.5. The van der Waals surface area contributed by atoms with Crippen LogP contribution >= 0.6 is 23.2 Å². The zero-order chi connectivity index (χ0) is 6.28. The molecule has 0 aromatic rings. The molecule has 0 bridgehead atoms. The highest BCUT2D eigenvalue weighted by molar-refractivity contribution is 6.93. The minimum absolute atomic E-state index is 0.889. The average molecular weight is 146 g/mol. The van der Waals surface area contributed by atoms with Crippen LogP contribution in [0, 0.1) is 4.91 Å². The summed E-state index contributed by atoms with van der Waals surface area (Å²) < 4.78 is -0.889. The largest absolute Gasteiger partial charge is 0.379 e. The first-order chi connectivity index (χ1) is 3.15. The van der Waals surface area contributed by atoms with Gasteiger partial charge in [-0.05, 0) is 23.2 Å². The molecular weight excluding hydrogens is 145 g/mol. The van der Waals surface area contributed by atoms with E-state index in [2.05, 4.69) is 23.2 Å². The summed E-state index contributed by atoms with van der Waals surface area (Å²) >= 11 is 8.80. The number of hydrogen-bond donors (Lipinski definition) is 1. The fourth-order valence-electron chi connectivity index (χ4n) is 0. The van der Waals surface area contributed by atoms with Crippen LogP contribution in [0.15, 0.2) is 5.34 Å². The Balaban J connectivity index is 0. The molecule has 0 radical (unpaired) electrons. The van der Waals surface area contributed by atoms with Crippen molar-refractivity contribution >= 4 is 27.9 Å². The van der Waals surface area contributed by atoms with Gasteiger partial charge in [0.15, 0.2) is 5.34 Å². The maximum Gasteiger partial charge on any atom is 0.313 e. The van der Waals surface area contributed by atoms with E-state index in [4.69, 9.17) is 14.9 Å². The molecular formula is CHCl2NO3. The third-order valence-corrected chi connectivity index (χ3v) is 0. The lowest BCUT2D eigenvalue weighted by Gasteiger charge is -1.48. The number of halogens is 2. The van der Waals surface area contributed by atoms with Crippen LogP contribution in [0.1, 0.15) is 0 Å². The highest BCUT2D eigenvalue weighted by Gasteiger charge is 1.72. The van der Waals surface area contributed by atoms with Gasteiger partial charge in [-0.3, -0.25) is 4.79 Å². The smallest absolute Gasteiger partial charge is 0.313 e. The number of hydrogen-bond acceptors (Lipinski definition) is 3. The monoisotopic (exact) mass is 145 g/mol. The molecule has 42 valence electrons. The molecule has 0 aromatic carbocycles. The Morgan fingerprint density at radius 1 is 1.57 bits per heavy atom. The van der Waals surface area contributed by atoms with E-state index in [0.29, 0.717) is 0 Å². The van der Waals surface area contributed by atoms with Crippen LogP contribution in [0.4, 0.5) is 4.79 Å². The molecule has 0 amide bonds. The van der Waals surface area contributed by atoms with Crippen molar-refractivity contribution in [2.45, 2.75) is 0 Å². The minimum atomic E-state index is -0.889. The van der Waals surface area contributed by atoms with E-state index >= 15 is 0 Å². The second-order valence-electron chi connectivity index (χ2n) is 0.307. The molecule has 1 N–H and O–H groups in total. The van der Waals surface area contributed by atoms with Crippen molar-refractivity contribution in [2.24, 2.45) is 5.34 Å². The van der Waals surface area contributed by atoms with Crippen molar-refractivity contribution in [3.8, 4) is 0 Å². The Kier molecular flexibility index (Phi) is 12.9. The molecule has 0 unspecified atom stereocenters. The predicted octanol–water partition coefficient (Wildman–Crippen LogP) is 1.73. The zero-order valence-corrected chi connectivity index (χ0v) is 4.48. The summed E-state index contributed by atoms with van der Waals surface area (Å²) in [6, 6.07) is 0. The fourth-order valence-corrected chi connectivity index (χ4v) is 0. The van der Waals surface area contributed by atoms with E-state index in [1.807, 2.05) is 0 Å².